The number of carbonyl (C=O) groups is 2. The second-order valence-electron chi connectivity index (χ2n) is 16.7. The maximum Gasteiger partial charge on any atom is 0.472 e. The molecular formula is C46H81NO11P+. The molecule has 0 aromatic heterocycles. The molecule has 0 aliphatic heterocycles. The Kier molecular flexibility index (Phi) is 30.8. The molecule has 13 heteroatoms. The van der Waals surface area contributed by atoms with Crippen molar-refractivity contribution in [1.82, 2.24) is 0 Å². The first-order valence-electron chi connectivity index (χ1n) is 22.3. The number of hydrogen-bond donors (Lipinski definition) is 4. The molecular weight excluding hydrogens is 773 g/mol. The SMILES string of the molecule is CCCCCCCC/C=C\C/C=C\C/C=C\CCCC(=O)O[C@H](COC(=O)C/C=C\C[C@H]1[C@@H](/C=C/[C@H](O)CCCCC)[C@H](O)C[C@@H]1O)COP(=O)(O)OCC[N+](C)(C)C. The van der Waals surface area contributed by atoms with Gasteiger partial charge in [-0.1, -0.05) is 126 Å². The summed E-state index contributed by atoms with van der Waals surface area (Å²) in [6.07, 6.45) is 32.7. The smallest absolute Gasteiger partial charge is 0.461 e. The second-order valence-corrected chi connectivity index (χ2v) is 18.2. The Bertz CT molecular complexity index is 1310. The summed E-state index contributed by atoms with van der Waals surface area (Å²) in [4.78, 5) is 35.6. The van der Waals surface area contributed by atoms with E-state index in [4.69, 9.17) is 18.5 Å². The van der Waals surface area contributed by atoms with Crippen LogP contribution in [0.4, 0.5) is 0 Å². The number of likely N-dealkylation sites (N-methyl/N-ethyl adjacent to an activating group) is 1. The number of phosphoric ester groups is 1. The first kappa shape index (κ1) is 54.6. The van der Waals surface area contributed by atoms with Crippen LogP contribution < -0.4 is 0 Å². The van der Waals surface area contributed by atoms with E-state index < -0.39 is 57.4 Å². The molecule has 0 aromatic rings. The van der Waals surface area contributed by atoms with Crippen molar-refractivity contribution < 1.29 is 57.4 Å². The van der Waals surface area contributed by atoms with E-state index in [0.29, 0.717) is 36.7 Å². The van der Waals surface area contributed by atoms with Gasteiger partial charge in [0, 0.05) is 18.8 Å². The van der Waals surface area contributed by atoms with E-state index in [-0.39, 0.29) is 37.7 Å². The summed E-state index contributed by atoms with van der Waals surface area (Å²) < 4.78 is 34.1. The highest BCUT2D eigenvalue weighted by Crippen LogP contribution is 2.43. The van der Waals surface area contributed by atoms with Crippen molar-refractivity contribution >= 4 is 19.8 Å². The molecule has 0 spiro atoms. The Balaban J connectivity index is 2.59. The van der Waals surface area contributed by atoms with Gasteiger partial charge >= 0.3 is 19.8 Å². The summed E-state index contributed by atoms with van der Waals surface area (Å²) in [7, 11) is 1.27. The quantitative estimate of drug-likeness (QED) is 0.0158. The monoisotopic (exact) mass is 855 g/mol. The maximum absolute atomic E-state index is 12.7. The van der Waals surface area contributed by atoms with E-state index in [0.717, 1.165) is 38.5 Å². The van der Waals surface area contributed by atoms with Crippen LogP contribution in [0.3, 0.4) is 0 Å². The van der Waals surface area contributed by atoms with Crippen LogP contribution >= 0.6 is 7.82 Å². The van der Waals surface area contributed by atoms with E-state index in [2.05, 4.69) is 44.2 Å². The molecule has 0 radical (unpaired) electrons. The lowest BCUT2D eigenvalue weighted by atomic mass is 9.89. The normalized spacial score (nSPS) is 21.0. The zero-order valence-electron chi connectivity index (χ0n) is 37.0. The van der Waals surface area contributed by atoms with Gasteiger partial charge in [0.2, 0.25) is 0 Å². The summed E-state index contributed by atoms with van der Waals surface area (Å²) in [6, 6.07) is 0. The highest BCUT2D eigenvalue weighted by molar-refractivity contribution is 7.47. The fraction of sp³-hybridized carbons (Fsp3) is 0.739. The largest absolute Gasteiger partial charge is 0.472 e. The van der Waals surface area contributed by atoms with Crippen LogP contribution in [0.1, 0.15) is 136 Å². The Hall–Kier alpha value is -2.41. The first-order chi connectivity index (χ1) is 28.2. The first-order valence-corrected chi connectivity index (χ1v) is 23.8. The van der Waals surface area contributed by atoms with Crippen LogP contribution in [0.15, 0.2) is 60.8 Å². The van der Waals surface area contributed by atoms with Crippen molar-refractivity contribution in [3.05, 3.63) is 60.8 Å². The van der Waals surface area contributed by atoms with Crippen LogP contribution in [0, 0.1) is 11.8 Å². The number of carbonyl (C=O) groups excluding carboxylic acids is 2. The molecule has 12 nitrogen and oxygen atoms in total. The molecule has 1 aliphatic rings. The van der Waals surface area contributed by atoms with Gasteiger partial charge in [-0.3, -0.25) is 18.6 Å². The number of quaternary nitrogens is 1. The molecule has 0 heterocycles. The molecule has 1 fully saturated rings. The van der Waals surface area contributed by atoms with E-state index in [1.165, 1.54) is 38.5 Å². The molecule has 4 N–H and O–H groups in total. The van der Waals surface area contributed by atoms with E-state index in [1.54, 1.807) is 24.3 Å². The Morgan fingerprint density at radius 1 is 0.763 bits per heavy atom. The molecule has 340 valence electrons. The number of rotatable bonds is 35. The van der Waals surface area contributed by atoms with Crippen molar-refractivity contribution in [2.45, 2.75) is 160 Å². The van der Waals surface area contributed by atoms with E-state index >= 15 is 0 Å². The molecule has 1 rings (SSSR count). The minimum absolute atomic E-state index is 0.0302. The van der Waals surface area contributed by atoms with Gasteiger partial charge in [-0.05, 0) is 57.3 Å². The number of nitrogens with zero attached hydrogens (tertiary/aromatic N) is 1. The fourth-order valence-corrected chi connectivity index (χ4v) is 7.27. The summed E-state index contributed by atoms with van der Waals surface area (Å²) in [5.41, 5.74) is 0. The highest BCUT2D eigenvalue weighted by Gasteiger charge is 2.39. The highest BCUT2D eigenvalue weighted by atomic mass is 31.2. The zero-order chi connectivity index (χ0) is 43.8. The third-order valence-electron chi connectivity index (χ3n) is 10.1. The molecule has 7 atom stereocenters. The third-order valence-corrected chi connectivity index (χ3v) is 11.1. The number of hydrogen-bond acceptors (Lipinski definition) is 10. The van der Waals surface area contributed by atoms with Gasteiger partial charge in [-0.15, -0.1) is 0 Å². The van der Waals surface area contributed by atoms with Crippen LogP contribution in [-0.4, -0.2) is 109 Å². The third kappa shape index (κ3) is 30.3. The number of allylic oxidation sites excluding steroid dienone is 7. The van der Waals surface area contributed by atoms with Gasteiger partial charge < -0.3 is 34.2 Å². The fourth-order valence-electron chi connectivity index (χ4n) is 6.53. The predicted molar refractivity (Wildman–Crippen MR) is 235 cm³/mol. The molecule has 1 saturated carbocycles. The van der Waals surface area contributed by atoms with Crippen LogP contribution in [0.5, 0.6) is 0 Å². The second kappa shape index (κ2) is 33.2. The average Bonchev–Trinajstić information content (AvgIpc) is 3.44. The zero-order valence-corrected chi connectivity index (χ0v) is 37.9. The lowest BCUT2D eigenvalue weighted by molar-refractivity contribution is -0.870. The summed E-state index contributed by atoms with van der Waals surface area (Å²) in [5.74, 6) is -1.77. The van der Waals surface area contributed by atoms with Crippen molar-refractivity contribution in [2.24, 2.45) is 11.8 Å². The standard InChI is InChI=1S/C46H80NO11P/c1-6-8-10-11-12-13-14-15-16-17-18-19-20-21-22-23-25-31-46(52)58-40(38-57-59(53,54)56-35-34-47(3,4)5)37-55-45(51)30-27-26-29-41-42(44(50)36-43(41)49)33-32-39(48)28-24-9-7-2/h15-16,18-19,21-22,26-27,32-33,39-44,48-50H,6-14,17,20,23-25,28-31,34-38H2,1-5H3/p+1/b16-15-,19-18-,22-21-,27-26-,33-32+/t39-,40-,41+,42-,43+,44-/m1/s1. The topological polar surface area (TPSA) is 169 Å². The van der Waals surface area contributed by atoms with Gasteiger partial charge in [0.25, 0.3) is 0 Å². The molecule has 0 bridgehead atoms. The van der Waals surface area contributed by atoms with Crippen molar-refractivity contribution in [2.75, 3.05) is 47.5 Å². The molecule has 0 amide bonds. The minimum Gasteiger partial charge on any atom is -0.461 e. The lowest BCUT2D eigenvalue weighted by Gasteiger charge is -2.24. The predicted octanol–water partition coefficient (Wildman–Crippen LogP) is 8.84. The van der Waals surface area contributed by atoms with Gasteiger partial charge in [0.15, 0.2) is 6.10 Å². The number of aliphatic hydroxyl groups is 3. The molecule has 0 saturated heterocycles. The van der Waals surface area contributed by atoms with Gasteiger partial charge in [0.1, 0.15) is 19.8 Å². The Morgan fingerprint density at radius 2 is 1.39 bits per heavy atom. The number of unbranched alkanes of at least 4 members (excludes halogenated alkanes) is 9. The van der Waals surface area contributed by atoms with Crippen LogP contribution in [0.2, 0.25) is 0 Å². The number of esters is 2. The lowest BCUT2D eigenvalue weighted by Crippen LogP contribution is -2.37. The van der Waals surface area contributed by atoms with Crippen molar-refractivity contribution in [3.8, 4) is 0 Å². The van der Waals surface area contributed by atoms with Gasteiger partial charge in [-0.25, -0.2) is 4.57 Å². The summed E-state index contributed by atoms with van der Waals surface area (Å²) in [6.45, 7) is 3.86. The Labute approximate surface area is 356 Å². The van der Waals surface area contributed by atoms with Crippen molar-refractivity contribution in [3.63, 3.8) is 0 Å². The van der Waals surface area contributed by atoms with Gasteiger partial charge in [0.05, 0.1) is 52.5 Å². The van der Waals surface area contributed by atoms with Gasteiger partial charge in [-0.2, -0.15) is 0 Å². The van der Waals surface area contributed by atoms with Crippen LogP contribution in [0.25, 0.3) is 0 Å². The Morgan fingerprint density at radius 3 is 2.07 bits per heavy atom. The number of ether oxygens (including phenoxy) is 2. The minimum atomic E-state index is -4.47. The average molecular weight is 855 g/mol. The molecule has 1 aliphatic carbocycles. The molecule has 0 aromatic carbocycles. The number of aliphatic hydroxyl groups excluding tert-OH is 3. The summed E-state index contributed by atoms with van der Waals surface area (Å²) >= 11 is 0. The number of phosphoric acid groups is 1. The van der Waals surface area contributed by atoms with Crippen molar-refractivity contribution in [1.29, 1.82) is 0 Å². The van der Waals surface area contributed by atoms with E-state index in [1.807, 2.05) is 27.2 Å². The molecule has 1 unspecified atom stereocenters. The maximum atomic E-state index is 12.7. The molecule has 59 heavy (non-hydrogen) atoms. The van der Waals surface area contributed by atoms with Crippen LogP contribution in [-0.2, 0) is 32.7 Å². The summed E-state index contributed by atoms with van der Waals surface area (Å²) in [5, 5.41) is 31.4. The van der Waals surface area contributed by atoms with E-state index in [9.17, 15) is 34.4 Å².